The van der Waals surface area contributed by atoms with Crippen molar-refractivity contribution in [2.24, 2.45) is 5.92 Å². The average molecular weight is 377 g/mol. The number of aryl methyl sites for hydroxylation is 1. The van der Waals surface area contributed by atoms with Gasteiger partial charge in [0.1, 0.15) is 0 Å². The van der Waals surface area contributed by atoms with Gasteiger partial charge in [-0.3, -0.25) is 9.69 Å². The van der Waals surface area contributed by atoms with Gasteiger partial charge in [-0.15, -0.1) is 0 Å². The molecule has 1 saturated heterocycles. The van der Waals surface area contributed by atoms with E-state index in [1.807, 2.05) is 0 Å². The Morgan fingerprint density at radius 1 is 1.24 bits per heavy atom. The number of halogens is 2. The second-order valence-corrected chi connectivity index (χ2v) is 7.46. The van der Waals surface area contributed by atoms with Crippen molar-refractivity contribution in [3.63, 3.8) is 0 Å². The van der Waals surface area contributed by atoms with Crippen molar-refractivity contribution in [1.82, 2.24) is 4.90 Å². The lowest BCUT2D eigenvalue weighted by Crippen LogP contribution is -2.40. The van der Waals surface area contributed by atoms with Gasteiger partial charge < -0.3 is 5.32 Å². The predicted octanol–water partition coefficient (Wildman–Crippen LogP) is 5.15. The highest BCUT2D eigenvalue weighted by Crippen LogP contribution is 2.27. The molecule has 0 spiro atoms. The number of rotatable bonds is 4. The summed E-state index contributed by atoms with van der Waals surface area (Å²) < 4.78 is 0. The fourth-order valence-corrected chi connectivity index (χ4v) is 3.61. The molecule has 5 heteroatoms. The molecular formula is C20H22Cl2N2O. The molecule has 1 N–H and O–H groups in total. The lowest BCUT2D eigenvalue weighted by Gasteiger charge is -2.32. The van der Waals surface area contributed by atoms with E-state index < -0.39 is 0 Å². The minimum Gasteiger partial charge on any atom is -0.324 e. The Hall–Kier alpha value is -1.55. The summed E-state index contributed by atoms with van der Waals surface area (Å²) in [5.41, 5.74) is 3.19. The van der Waals surface area contributed by atoms with E-state index in [0.29, 0.717) is 15.7 Å². The Labute approximate surface area is 158 Å². The fourth-order valence-electron chi connectivity index (χ4n) is 3.27. The van der Waals surface area contributed by atoms with Crippen molar-refractivity contribution in [2.75, 3.05) is 18.4 Å². The van der Waals surface area contributed by atoms with Crippen molar-refractivity contribution < 1.29 is 4.79 Å². The topological polar surface area (TPSA) is 32.3 Å². The van der Waals surface area contributed by atoms with E-state index in [1.54, 1.807) is 18.2 Å². The summed E-state index contributed by atoms with van der Waals surface area (Å²) in [6.07, 6.45) is 1.92. The second kappa shape index (κ2) is 8.22. The number of nitrogens with one attached hydrogen (secondary N) is 1. The van der Waals surface area contributed by atoms with Gasteiger partial charge in [0, 0.05) is 18.1 Å². The zero-order chi connectivity index (χ0) is 17.8. The van der Waals surface area contributed by atoms with E-state index >= 15 is 0 Å². The Bertz CT molecular complexity index is 763. The van der Waals surface area contributed by atoms with Crippen LogP contribution in [-0.4, -0.2) is 23.9 Å². The van der Waals surface area contributed by atoms with Crippen LogP contribution >= 0.6 is 23.2 Å². The Morgan fingerprint density at radius 2 is 2.04 bits per heavy atom. The van der Waals surface area contributed by atoms with Crippen LogP contribution in [0, 0.1) is 12.8 Å². The molecule has 1 fully saturated rings. The van der Waals surface area contributed by atoms with Crippen molar-refractivity contribution in [3.05, 3.63) is 63.6 Å². The summed E-state index contributed by atoms with van der Waals surface area (Å²) >= 11 is 12.1. The van der Waals surface area contributed by atoms with Crippen LogP contribution in [0.2, 0.25) is 10.0 Å². The molecule has 1 atom stereocenters. The molecule has 2 aromatic rings. The van der Waals surface area contributed by atoms with Gasteiger partial charge in [-0.25, -0.2) is 0 Å². The van der Waals surface area contributed by atoms with E-state index in [-0.39, 0.29) is 11.8 Å². The van der Waals surface area contributed by atoms with Gasteiger partial charge >= 0.3 is 0 Å². The maximum Gasteiger partial charge on any atom is 0.228 e. The molecule has 132 valence electrons. The van der Waals surface area contributed by atoms with Gasteiger partial charge in [0.05, 0.1) is 16.6 Å². The van der Waals surface area contributed by atoms with Gasteiger partial charge in [-0.2, -0.15) is 0 Å². The summed E-state index contributed by atoms with van der Waals surface area (Å²) in [7, 11) is 0. The molecule has 1 heterocycles. The van der Waals surface area contributed by atoms with Gasteiger partial charge in [0.2, 0.25) is 5.91 Å². The van der Waals surface area contributed by atoms with Crippen LogP contribution in [0.1, 0.15) is 24.0 Å². The molecular weight excluding hydrogens is 355 g/mol. The predicted molar refractivity (Wildman–Crippen MR) is 104 cm³/mol. The zero-order valence-corrected chi connectivity index (χ0v) is 15.8. The molecule has 3 nitrogen and oxygen atoms in total. The Morgan fingerprint density at radius 3 is 2.84 bits per heavy atom. The van der Waals surface area contributed by atoms with E-state index in [0.717, 1.165) is 32.5 Å². The van der Waals surface area contributed by atoms with Crippen LogP contribution < -0.4 is 5.32 Å². The third-order valence-electron chi connectivity index (χ3n) is 4.72. The summed E-state index contributed by atoms with van der Waals surface area (Å²) in [6.45, 7) is 4.80. The number of nitrogens with zero attached hydrogens (tertiary/aromatic N) is 1. The first-order valence-electron chi connectivity index (χ1n) is 8.55. The highest BCUT2D eigenvalue weighted by Gasteiger charge is 2.26. The first-order valence-corrected chi connectivity index (χ1v) is 9.31. The zero-order valence-electron chi connectivity index (χ0n) is 14.3. The number of piperidine rings is 1. The van der Waals surface area contributed by atoms with Crippen molar-refractivity contribution in [3.8, 4) is 0 Å². The normalized spacial score (nSPS) is 18.1. The molecule has 0 radical (unpaired) electrons. The molecule has 1 amide bonds. The number of carbonyl (C=O) groups excluding carboxylic acids is 1. The lowest BCUT2D eigenvalue weighted by atomic mass is 9.96. The summed E-state index contributed by atoms with van der Waals surface area (Å²) in [6, 6.07) is 13.5. The fraction of sp³-hybridized carbons (Fsp3) is 0.350. The minimum atomic E-state index is -0.0344. The monoisotopic (exact) mass is 376 g/mol. The van der Waals surface area contributed by atoms with Crippen LogP contribution in [0.3, 0.4) is 0 Å². The number of amides is 1. The first-order chi connectivity index (χ1) is 12.0. The summed E-state index contributed by atoms with van der Waals surface area (Å²) in [5, 5.41) is 4.00. The molecule has 0 aromatic heterocycles. The second-order valence-electron chi connectivity index (χ2n) is 6.61. The summed E-state index contributed by atoms with van der Waals surface area (Å²) in [4.78, 5) is 15.0. The third kappa shape index (κ3) is 4.75. The highest BCUT2D eigenvalue weighted by molar-refractivity contribution is 6.35. The van der Waals surface area contributed by atoms with E-state index in [2.05, 4.69) is 41.4 Å². The van der Waals surface area contributed by atoms with E-state index in [1.165, 1.54) is 11.1 Å². The van der Waals surface area contributed by atoms with Gasteiger partial charge in [0.25, 0.3) is 0 Å². The molecule has 0 bridgehead atoms. The van der Waals surface area contributed by atoms with Gasteiger partial charge in [-0.1, -0.05) is 47.5 Å². The minimum absolute atomic E-state index is 0.0126. The number of anilines is 1. The lowest BCUT2D eigenvalue weighted by molar-refractivity contribution is -0.121. The quantitative estimate of drug-likeness (QED) is 0.799. The molecule has 1 aliphatic rings. The molecule has 2 aromatic carbocycles. The molecule has 25 heavy (non-hydrogen) atoms. The average Bonchev–Trinajstić information content (AvgIpc) is 2.60. The SMILES string of the molecule is Cc1ccccc1CN1CCCC(C(=O)Nc2cc(Cl)ccc2Cl)C1. The van der Waals surface area contributed by atoms with Crippen molar-refractivity contribution in [2.45, 2.75) is 26.3 Å². The molecule has 0 saturated carbocycles. The smallest absolute Gasteiger partial charge is 0.228 e. The first kappa shape index (κ1) is 18.2. The van der Waals surface area contributed by atoms with Crippen LogP contribution in [0.4, 0.5) is 5.69 Å². The number of hydrogen-bond acceptors (Lipinski definition) is 2. The van der Waals surface area contributed by atoms with Crippen LogP contribution in [-0.2, 0) is 11.3 Å². The Kier molecular flexibility index (Phi) is 6.00. The standard InChI is InChI=1S/C20H22Cl2N2O/c1-14-5-2-3-6-15(14)12-24-10-4-7-16(13-24)20(25)23-19-11-17(21)8-9-18(19)22/h2-3,5-6,8-9,11,16H,4,7,10,12-13H2,1H3,(H,23,25). The van der Waals surface area contributed by atoms with E-state index in [4.69, 9.17) is 23.2 Å². The van der Waals surface area contributed by atoms with Crippen molar-refractivity contribution >= 4 is 34.8 Å². The Balaban J connectivity index is 1.63. The van der Waals surface area contributed by atoms with Crippen molar-refractivity contribution in [1.29, 1.82) is 0 Å². The van der Waals surface area contributed by atoms with Crippen LogP contribution in [0.5, 0.6) is 0 Å². The molecule has 1 unspecified atom stereocenters. The largest absolute Gasteiger partial charge is 0.324 e. The number of hydrogen-bond donors (Lipinski definition) is 1. The summed E-state index contributed by atoms with van der Waals surface area (Å²) in [5.74, 6) is -0.0218. The van der Waals surface area contributed by atoms with Gasteiger partial charge in [0.15, 0.2) is 0 Å². The number of likely N-dealkylation sites (tertiary alicyclic amines) is 1. The highest BCUT2D eigenvalue weighted by atomic mass is 35.5. The number of carbonyl (C=O) groups is 1. The molecule has 1 aliphatic heterocycles. The third-order valence-corrected chi connectivity index (χ3v) is 5.28. The molecule has 3 rings (SSSR count). The number of benzene rings is 2. The maximum absolute atomic E-state index is 12.7. The van der Waals surface area contributed by atoms with Crippen LogP contribution in [0.25, 0.3) is 0 Å². The van der Waals surface area contributed by atoms with Gasteiger partial charge in [-0.05, 0) is 55.6 Å². The maximum atomic E-state index is 12.7. The molecule has 0 aliphatic carbocycles. The van der Waals surface area contributed by atoms with E-state index in [9.17, 15) is 4.79 Å². The van der Waals surface area contributed by atoms with Crippen LogP contribution in [0.15, 0.2) is 42.5 Å².